The second-order valence-corrected chi connectivity index (χ2v) is 6.23. The lowest BCUT2D eigenvalue weighted by molar-refractivity contribution is 0.627. The van der Waals surface area contributed by atoms with E-state index < -0.39 is 0 Å². The Morgan fingerprint density at radius 3 is 2.67 bits per heavy atom. The highest BCUT2D eigenvalue weighted by Crippen LogP contribution is 2.32. The van der Waals surface area contributed by atoms with Crippen molar-refractivity contribution in [3.05, 3.63) is 44.1 Å². The highest BCUT2D eigenvalue weighted by molar-refractivity contribution is 9.10. The summed E-state index contributed by atoms with van der Waals surface area (Å²) in [5.74, 6) is -0.255. The third kappa shape index (κ3) is 2.72. The van der Waals surface area contributed by atoms with Crippen molar-refractivity contribution in [3.63, 3.8) is 0 Å². The molecule has 0 aliphatic carbocycles. The van der Waals surface area contributed by atoms with Crippen LogP contribution in [0.4, 0.5) is 10.1 Å². The zero-order valence-electron chi connectivity index (χ0n) is 10.4. The molecule has 0 aliphatic heterocycles. The van der Waals surface area contributed by atoms with Gasteiger partial charge < -0.3 is 5.32 Å². The molecule has 0 amide bonds. The molecule has 0 aliphatic rings. The quantitative estimate of drug-likeness (QED) is 0.872. The predicted octanol–water partition coefficient (Wildman–Crippen LogP) is 4.83. The topological polar surface area (TPSA) is 24.9 Å². The largest absolute Gasteiger partial charge is 0.374 e. The number of nitrogens with one attached hydrogen (secondary N) is 1. The molecule has 1 heterocycles. The molecular weight excluding hydrogens is 315 g/mol. The van der Waals surface area contributed by atoms with Crippen LogP contribution in [0.1, 0.15) is 28.5 Å². The summed E-state index contributed by atoms with van der Waals surface area (Å²) in [6, 6.07) is 4.98. The van der Waals surface area contributed by atoms with Gasteiger partial charge >= 0.3 is 0 Å². The second-order valence-electron chi connectivity index (χ2n) is 4.15. The molecule has 2 nitrogen and oxygen atoms in total. The number of aromatic nitrogens is 1. The minimum Gasteiger partial charge on any atom is -0.374 e. The first kappa shape index (κ1) is 13.5. The van der Waals surface area contributed by atoms with Crippen molar-refractivity contribution in [2.24, 2.45) is 0 Å². The maximum Gasteiger partial charge on any atom is 0.147 e. The Hall–Kier alpha value is -0.940. The predicted molar refractivity (Wildman–Crippen MR) is 77.7 cm³/mol. The van der Waals surface area contributed by atoms with Gasteiger partial charge in [0, 0.05) is 9.35 Å². The number of para-hydroxylation sites is 1. The van der Waals surface area contributed by atoms with Gasteiger partial charge in [0.1, 0.15) is 5.82 Å². The fourth-order valence-corrected chi connectivity index (χ4v) is 3.25. The van der Waals surface area contributed by atoms with E-state index in [0.29, 0.717) is 5.69 Å². The zero-order chi connectivity index (χ0) is 13.3. The van der Waals surface area contributed by atoms with E-state index in [1.165, 1.54) is 6.07 Å². The maximum atomic E-state index is 13.7. The molecule has 1 aromatic heterocycles. The van der Waals surface area contributed by atoms with Crippen LogP contribution in [-0.2, 0) is 0 Å². The summed E-state index contributed by atoms with van der Waals surface area (Å²) < 4.78 is 14.5. The van der Waals surface area contributed by atoms with Gasteiger partial charge in [-0.2, -0.15) is 0 Å². The van der Waals surface area contributed by atoms with E-state index in [0.717, 1.165) is 20.1 Å². The monoisotopic (exact) mass is 328 g/mol. The average Bonchev–Trinajstić information content (AvgIpc) is 2.63. The SMILES string of the molecule is Cc1nc(C)c(C(C)Nc2c(F)cccc2Br)s1. The summed E-state index contributed by atoms with van der Waals surface area (Å²) in [6.45, 7) is 5.97. The molecule has 96 valence electrons. The Bertz CT molecular complexity index is 548. The van der Waals surface area contributed by atoms with Gasteiger partial charge in [-0.3, -0.25) is 0 Å². The third-order valence-corrected chi connectivity index (χ3v) is 4.57. The highest BCUT2D eigenvalue weighted by Gasteiger charge is 2.15. The Labute approximate surface area is 118 Å². The summed E-state index contributed by atoms with van der Waals surface area (Å²) in [6.07, 6.45) is 0. The van der Waals surface area contributed by atoms with Crippen molar-refractivity contribution in [1.82, 2.24) is 4.98 Å². The smallest absolute Gasteiger partial charge is 0.147 e. The molecule has 1 atom stereocenters. The van der Waals surface area contributed by atoms with Crippen molar-refractivity contribution in [2.45, 2.75) is 26.8 Å². The normalized spacial score (nSPS) is 12.5. The Balaban J connectivity index is 2.26. The molecule has 0 bridgehead atoms. The maximum absolute atomic E-state index is 13.7. The van der Waals surface area contributed by atoms with Gasteiger partial charge in [-0.25, -0.2) is 9.37 Å². The fourth-order valence-electron chi connectivity index (χ4n) is 1.87. The molecule has 0 saturated carbocycles. The molecule has 5 heteroatoms. The fraction of sp³-hybridized carbons (Fsp3) is 0.308. The van der Waals surface area contributed by atoms with E-state index in [4.69, 9.17) is 0 Å². The van der Waals surface area contributed by atoms with E-state index >= 15 is 0 Å². The molecular formula is C13H14BrFN2S. The first-order valence-electron chi connectivity index (χ1n) is 5.63. The minimum atomic E-state index is -0.255. The van der Waals surface area contributed by atoms with Gasteiger partial charge in [0.25, 0.3) is 0 Å². The van der Waals surface area contributed by atoms with Gasteiger partial charge in [-0.15, -0.1) is 11.3 Å². The Morgan fingerprint density at radius 2 is 2.11 bits per heavy atom. The second kappa shape index (κ2) is 5.36. The minimum absolute atomic E-state index is 0.0319. The molecule has 2 rings (SSSR count). The average molecular weight is 329 g/mol. The lowest BCUT2D eigenvalue weighted by atomic mass is 10.2. The number of halogens is 2. The number of nitrogens with zero attached hydrogens (tertiary/aromatic N) is 1. The van der Waals surface area contributed by atoms with Crippen LogP contribution in [0.3, 0.4) is 0 Å². The lowest BCUT2D eigenvalue weighted by Crippen LogP contribution is -2.08. The van der Waals surface area contributed by atoms with Crippen molar-refractivity contribution < 1.29 is 4.39 Å². The number of aryl methyl sites for hydroxylation is 2. The standard InChI is InChI=1S/C13H14BrFN2S/c1-7-13(18-9(3)16-7)8(2)17-12-10(14)5-4-6-11(12)15/h4-6,8,17H,1-3H3. The van der Waals surface area contributed by atoms with Crippen LogP contribution in [0.5, 0.6) is 0 Å². The third-order valence-electron chi connectivity index (χ3n) is 2.66. The van der Waals surface area contributed by atoms with Gasteiger partial charge in [0.2, 0.25) is 0 Å². The van der Waals surface area contributed by atoms with Crippen LogP contribution in [0, 0.1) is 19.7 Å². The Morgan fingerprint density at radius 1 is 1.39 bits per heavy atom. The first-order chi connectivity index (χ1) is 8.49. The summed E-state index contributed by atoms with van der Waals surface area (Å²) in [5, 5.41) is 4.23. The first-order valence-corrected chi connectivity index (χ1v) is 7.24. The lowest BCUT2D eigenvalue weighted by Gasteiger charge is -2.16. The number of hydrogen-bond acceptors (Lipinski definition) is 3. The van der Waals surface area contributed by atoms with Crippen molar-refractivity contribution in [1.29, 1.82) is 0 Å². The van der Waals surface area contributed by atoms with Crippen LogP contribution in [0.2, 0.25) is 0 Å². The van der Waals surface area contributed by atoms with Crippen LogP contribution >= 0.6 is 27.3 Å². The van der Waals surface area contributed by atoms with Crippen LogP contribution in [0.25, 0.3) is 0 Å². The van der Waals surface area contributed by atoms with Crippen LogP contribution < -0.4 is 5.32 Å². The van der Waals surface area contributed by atoms with E-state index in [9.17, 15) is 4.39 Å². The van der Waals surface area contributed by atoms with Crippen molar-refractivity contribution >= 4 is 33.0 Å². The van der Waals surface area contributed by atoms with E-state index in [-0.39, 0.29) is 11.9 Å². The van der Waals surface area contributed by atoms with Gasteiger partial charge in [0.15, 0.2) is 0 Å². The number of thiazole rings is 1. The van der Waals surface area contributed by atoms with Crippen molar-refractivity contribution in [3.8, 4) is 0 Å². The highest BCUT2D eigenvalue weighted by atomic mass is 79.9. The zero-order valence-corrected chi connectivity index (χ0v) is 12.8. The van der Waals surface area contributed by atoms with Crippen molar-refractivity contribution in [2.75, 3.05) is 5.32 Å². The van der Waals surface area contributed by atoms with Crippen LogP contribution in [-0.4, -0.2) is 4.98 Å². The molecule has 18 heavy (non-hydrogen) atoms. The summed E-state index contributed by atoms with van der Waals surface area (Å²) in [5.41, 5.74) is 1.50. The molecule has 1 aromatic carbocycles. The van der Waals surface area contributed by atoms with E-state index in [1.54, 1.807) is 17.4 Å². The van der Waals surface area contributed by atoms with Gasteiger partial charge in [-0.1, -0.05) is 6.07 Å². The molecule has 0 saturated heterocycles. The summed E-state index contributed by atoms with van der Waals surface area (Å²) in [7, 11) is 0. The molecule has 2 aromatic rings. The summed E-state index contributed by atoms with van der Waals surface area (Å²) >= 11 is 5.00. The molecule has 0 radical (unpaired) electrons. The van der Waals surface area contributed by atoms with Gasteiger partial charge in [0.05, 0.1) is 22.4 Å². The van der Waals surface area contributed by atoms with E-state index in [2.05, 4.69) is 26.2 Å². The molecule has 0 spiro atoms. The number of benzene rings is 1. The number of rotatable bonds is 3. The molecule has 1 unspecified atom stereocenters. The molecule has 1 N–H and O–H groups in total. The van der Waals surface area contributed by atoms with Gasteiger partial charge in [-0.05, 0) is 48.8 Å². The Kier molecular flexibility index (Phi) is 4.02. The summed E-state index contributed by atoms with van der Waals surface area (Å²) in [4.78, 5) is 5.53. The molecule has 0 fully saturated rings. The number of anilines is 1. The van der Waals surface area contributed by atoms with Crippen LogP contribution in [0.15, 0.2) is 22.7 Å². The van der Waals surface area contributed by atoms with E-state index in [1.807, 2.05) is 26.8 Å². The number of hydrogen-bond donors (Lipinski definition) is 1.